The highest BCUT2D eigenvalue weighted by Gasteiger charge is 2.23. The molecule has 1 heterocycles. The van der Waals surface area contributed by atoms with Crippen LogP contribution in [0.5, 0.6) is 5.75 Å². The summed E-state index contributed by atoms with van der Waals surface area (Å²) in [6.07, 6.45) is 16.9. The molecule has 2 aromatic rings. The zero-order valence-corrected chi connectivity index (χ0v) is 18.4. The fraction of sp³-hybridized carbons (Fsp3) is 0.577. The van der Waals surface area contributed by atoms with Crippen LogP contribution in [0.15, 0.2) is 36.7 Å². The average Bonchev–Trinajstić information content (AvgIpc) is 2.81. The van der Waals surface area contributed by atoms with Crippen molar-refractivity contribution < 1.29 is 4.74 Å². The quantitative estimate of drug-likeness (QED) is 0.375. The van der Waals surface area contributed by atoms with E-state index in [1.54, 1.807) is 0 Å². The summed E-state index contributed by atoms with van der Waals surface area (Å²) in [6, 6.07) is 10.6. The number of unbranched alkanes of at least 4 members (excludes halogenated alkanes) is 6. The van der Waals surface area contributed by atoms with Gasteiger partial charge in [0.15, 0.2) is 0 Å². The summed E-state index contributed by atoms with van der Waals surface area (Å²) in [6.45, 7) is 3.05. The van der Waals surface area contributed by atoms with Gasteiger partial charge < -0.3 is 4.74 Å². The smallest absolute Gasteiger partial charge is 0.131 e. The van der Waals surface area contributed by atoms with E-state index >= 15 is 0 Å². The molecule has 1 aromatic heterocycles. The number of rotatable bonds is 11. The third-order valence-electron chi connectivity index (χ3n) is 6.15. The van der Waals surface area contributed by atoms with E-state index in [0.29, 0.717) is 5.92 Å². The van der Waals surface area contributed by atoms with Crippen molar-refractivity contribution in [2.24, 2.45) is 5.92 Å². The first-order chi connectivity index (χ1) is 14.8. The Bertz CT molecular complexity index is 771. The first-order valence-electron chi connectivity index (χ1n) is 11.7. The van der Waals surface area contributed by atoms with Crippen molar-refractivity contribution >= 4 is 0 Å². The number of hydrogen-bond acceptors (Lipinski definition) is 4. The molecule has 0 bridgehead atoms. The van der Waals surface area contributed by atoms with Gasteiger partial charge in [0.1, 0.15) is 11.6 Å². The summed E-state index contributed by atoms with van der Waals surface area (Å²) in [4.78, 5) is 9.25. The molecule has 0 radical (unpaired) electrons. The van der Waals surface area contributed by atoms with Crippen LogP contribution in [0.4, 0.5) is 0 Å². The molecule has 0 amide bonds. The monoisotopic (exact) mass is 405 g/mol. The van der Waals surface area contributed by atoms with Crippen LogP contribution < -0.4 is 4.74 Å². The third-order valence-corrected chi connectivity index (χ3v) is 6.15. The Labute approximate surface area is 181 Å². The van der Waals surface area contributed by atoms with Crippen molar-refractivity contribution in [3.05, 3.63) is 42.5 Å². The highest BCUT2D eigenvalue weighted by Crippen LogP contribution is 2.34. The Morgan fingerprint density at radius 3 is 2.13 bits per heavy atom. The number of hydrogen-bond donors (Lipinski definition) is 0. The van der Waals surface area contributed by atoms with Gasteiger partial charge in [-0.2, -0.15) is 5.26 Å². The fourth-order valence-electron chi connectivity index (χ4n) is 4.17. The standard InChI is InChI=1S/C26H35N3O/c1-2-3-4-5-6-7-8-17-30-25-15-13-22(14-16-25)24-19-28-26(29-20-24)23-11-9-21(18-27)10-12-23/h13-16,19-21,23H,2-12,17H2,1H3/t21-,23-. The molecular formula is C26H35N3O. The molecule has 0 aliphatic heterocycles. The Morgan fingerprint density at radius 1 is 0.867 bits per heavy atom. The van der Waals surface area contributed by atoms with Gasteiger partial charge in [0.25, 0.3) is 0 Å². The summed E-state index contributed by atoms with van der Waals surface area (Å²) in [7, 11) is 0. The molecule has 160 valence electrons. The maximum Gasteiger partial charge on any atom is 0.131 e. The van der Waals surface area contributed by atoms with Gasteiger partial charge in [-0.05, 0) is 49.8 Å². The molecule has 0 saturated heterocycles. The molecule has 30 heavy (non-hydrogen) atoms. The minimum Gasteiger partial charge on any atom is -0.494 e. The molecule has 1 fully saturated rings. The molecule has 1 aliphatic carbocycles. The van der Waals surface area contributed by atoms with Crippen molar-refractivity contribution in [3.8, 4) is 22.9 Å². The van der Waals surface area contributed by atoms with Crippen LogP contribution in [0.1, 0.15) is 89.3 Å². The predicted molar refractivity (Wildman–Crippen MR) is 121 cm³/mol. The minimum atomic E-state index is 0.215. The van der Waals surface area contributed by atoms with Gasteiger partial charge in [-0.25, -0.2) is 9.97 Å². The van der Waals surface area contributed by atoms with Crippen LogP contribution >= 0.6 is 0 Å². The topological polar surface area (TPSA) is 58.8 Å². The Morgan fingerprint density at radius 2 is 1.50 bits per heavy atom. The van der Waals surface area contributed by atoms with Crippen LogP contribution in [0.25, 0.3) is 11.1 Å². The van der Waals surface area contributed by atoms with E-state index in [2.05, 4.69) is 35.1 Å². The Hall–Kier alpha value is -2.41. The van der Waals surface area contributed by atoms with Crippen molar-refractivity contribution in [2.75, 3.05) is 6.61 Å². The lowest BCUT2D eigenvalue weighted by atomic mass is 9.82. The molecule has 1 aromatic carbocycles. The molecule has 1 saturated carbocycles. The van der Waals surface area contributed by atoms with E-state index in [1.807, 2.05) is 24.5 Å². The van der Waals surface area contributed by atoms with Crippen molar-refractivity contribution in [1.29, 1.82) is 5.26 Å². The molecule has 0 atom stereocenters. The molecule has 0 N–H and O–H groups in total. The molecule has 1 aliphatic rings. The number of aromatic nitrogens is 2. The molecule has 4 heteroatoms. The molecule has 0 spiro atoms. The second-order valence-corrected chi connectivity index (χ2v) is 8.50. The van der Waals surface area contributed by atoms with E-state index in [1.165, 1.54) is 38.5 Å². The number of nitriles is 1. The summed E-state index contributed by atoms with van der Waals surface area (Å²) in [5.74, 6) is 2.46. The fourth-order valence-corrected chi connectivity index (χ4v) is 4.17. The first-order valence-corrected chi connectivity index (χ1v) is 11.7. The SMILES string of the molecule is CCCCCCCCCOc1ccc(-c2cnc([C@H]3CC[C@H](C#N)CC3)nc2)cc1. The lowest BCUT2D eigenvalue weighted by molar-refractivity contribution is 0.304. The van der Waals surface area contributed by atoms with Gasteiger partial charge >= 0.3 is 0 Å². The summed E-state index contributed by atoms with van der Waals surface area (Å²) in [5, 5.41) is 9.05. The highest BCUT2D eigenvalue weighted by atomic mass is 16.5. The molecule has 0 unspecified atom stereocenters. The second kappa shape index (κ2) is 12.3. The maximum absolute atomic E-state index is 9.05. The molecule has 4 nitrogen and oxygen atoms in total. The van der Waals surface area contributed by atoms with Gasteiger partial charge in [-0.3, -0.25) is 0 Å². The summed E-state index contributed by atoms with van der Waals surface area (Å²) in [5.41, 5.74) is 2.14. The first kappa shape index (κ1) is 22.3. The summed E-state index contributed by atoms with van der Waals surface area (Å²) >= 11 is 0. The van der Waals surface area contributed by atoms with E-state index in [9.17, 15) is 0 Å². The predicted octanol–water partition coefficient (Wildman–Crippen LogP) is 7.07. The van der Waals surface area contributed by atoms with Crippen LogP contribution in [-0.4, -0.2) is 16.6 Å². The summed E-state index contributed by atoms with van der Waals surface area (Å²) < 4.78 is 5.89. The van der Waals surface area contributed by atoms with E-state index in [4.69, 9.17) is 10.00 Å². The lowest BCUT2D eigenvalue weighted by Gasteiger charge is -2.23. The van der Waals surface area contributed by atoms with E-state index in [-0.39, 0.29) is 5.92 Å². The maximum atomic E-state index is 9.05. The van der Waals surface area contributed by atoms with Gasteiger partial charge in [0.05, 0.1) is 12.7 Å². The van der Waals surface area contributed by atoms with E-state index in [0.717, 1.165) is 61.4 Å². The van der Waals surface area contributed by atoms with Gasteiger partial charge in [0.2, 0.25) is 0 Å². The van der Waals surface area contributed by atoms with E-state index < -0.39 is 0 Å². The van der Waals surface area contributed by atoms with Crippen LogP contribution in [0, 0.1) is 17.2 Å². The lowest BCUT2D eigenvalue weighted by Crippen LogP contribution is -2.14. The van der Waals surface area contributed by atoms with Crippen LogP contribution in [0.3, 0.4) is 0 Å². The largest absolute Gasteiger partial charge is 0.494 e. The Balaban J connectivity index is 1.42. The second-order valence-electron chi connectivity index (χ2n) is 8.50. The third kappa shape index (κ3) is 6.83. The zero-order chi connectivity index (χ0) is 21.0. The zero-order valence-electron chi connectivity index (χ0n) is 18.4. The Kier molecular flexibility index (Phi) is 9.15. The average molecular weight is 406 g/mol. The van der Waals surface area contributed by atoms with Crippen molar-refractivity contribution in [1.82, 2.24) is 9.97 Å². The van der Waals surface area contributed by atoms with Gasteiger partial charge in [-0.15, -0.1) is 0 Å². The van der Waals surface area contributed by atoms with Gasteiger partial charge in [-0.1, -0.05) is 57.6 Å². The molecule has 3 rings (SSSR count). The van der Waals surface area contributed by atoms with Gasteiger partial charge in [0, 0.05) is 29.8 Å². The normalized spacial score (nSPS) is 18.7. The van der Waals surface area contributed by atoms with Crippen LogP contribution in [-0.2, 0) is 0 Å². The van der Waals surface area contributed by atoms with Crippen molar-refractivity contribution in [2.45, 2.75) is 83.5 Å². The number of benzene rings is 1. The van der Waals surface area contributed by atoms with Crippen LogP contribution in [0.2, 0.25) is 0 Å². The number of ether oxygens (including phenoxy) is 1. The highest BCUT2D eigenvalue weighted by molar-refractivity contribution is 5.62. The minimum absolute atomic E-state index is 0.215. The van der Waals surface area contributed by atoms with Crippen molar-refractivity contribution in [3.63, 3.8) is 0 Å². The number of nitrogens with zero attached hydrogens (tertiary/aromatic N) is 3. The molecular weight excluding hydrogens is 370 g/mol.